The molecule has 10 heteroatoms. The Labute approximate surface area is 160 Å². The van der Waals surface area contributed by atoms with E-state index in [1.807, 2.05) is 6.07 Å². The monoisotopic (exact) mass is 382 g/mol. The van der Waals surface area contributed by atoms with E-state index in [0.717, 1.165) is 0 Å². The number of rotatable bonds is 5. The van der Waals surface area contributed by atoms with Crippen LogP contribution in [-0.2, 0) is 16.5 Å². The molecule has 0 amide bonds. The first-order chi connectivity index (χ1) is 13.5. The van der Waals surface area contributed by atoms with Gasteiger partial charge in [-0.2, -0.15) is 5.10 Å². The zero-order chi connectivity index (χ0) is 20.3. The molecule has 10 nitrogen and oxygen atoms in total. The van der Waals surface area contributed by atoms with E-state index in [1.165, 1.54) is 23.6 Å². The van der Waals surface area contributed by atoms with Gasteiger partial charge in [-0.15, -0.1) is 5.10 Å². The van der Waals surface area contributed by atoms with Crippen LogP contribution in [0, 0.1) is 0 Å². The van der Waals surface area contributed by atoms with E-state index in [1.54, 1.807) is 44.3 Å². The molecule has 0 N–H and O–H groups in total. The summed E-state index contributed by atoms with van der Waals surface area (Å²) < 4.78 is 12.6. The van der Waals surface area contributed by atoms with Crippen LogP contribution in [-0.4, -0.2) is 56.1 Å². The van der Waals surface area contributed by atoms with Crippen LogP contribution in [0.1, 0.15) is 39.3 Å². The lowest BCUT2D eigenvalue weighted by Crippen LogP contribution is -2.15. The highest BCUT2D eigenvalue weighted by atomic mass is 16.5. The second-order valence-electron chi connectivity index (χ2n) is 5.79. The molecule has 2 aromatic heterocycles. The summed E-state index contributed by atoms with van der Waals surface area (Å²) >= 11 is 0. The maximum Gasteiger partial charge on any atom is 0.357 e. The fraction of sp³-hybridized carbons (Fsp3) is 0.222. The Hall–Kier alpha value is -3.82. The Bertz CT molecular complexity index is 1050. The van der Waals surface area contributed by atoms with E-state index < -0.39 is 11.9 Å². The van der Waals surface area contributed by atoms with Crippen molar-refractivity contribution in [2.45, 2.75) is 6.92 Å². The van der Waals surface area contributed by atoms with Crippen LogP contribution in [0.2, 0.25) is 0 Å². The summed E-state index contributed by atoms with van der Waals surface area (Å²) in [6, 6.07) is 8.94. The molecule has 144 valence electrons. The van der Waals surface area contributed by atoms with E-state index in [9.17, 15) is 9.59 Å². The average Bonchev–Trinajstić information content (AvgIpc) is 3.31. The highest BCUT2D eigenvalue weighted by molar-refractivity contribution is 6.06. The third kappa shape index (κ3) is 3.39. The number of aryl methyl sites for hydroxylation is 1. The zero-order valence-corrected chi connectivity index (χ0v) is 15.8. The first kappa shape index (κ1) is 19.0. The van der Waals surface area contributed by atoms with Gasteiger partial charge in [0.15, 0.2) is 11.5 Å². The Morgan fingerprint density at radius 1 is 1.07 bits per heavy atom. The van der Waals surface area contributed by atoms with Crippen LogP contribution in [0.4, 0.5) is 0 Å². The van der Waals surface area contributed by atoms with Gasteiger partial charge in [-0.1, -0.05) is 18.2 Å². The lowest BCUT2D eigenvalue weighted by Gasteiger charge is -2.07. The molecule has 0 fully saturated rings. The molecule has 28 heavy (non-hydrogen) atoms. The lowest BCUT2D eigenvalue weighted by molar-refractivity contribution is 0.0549. The first-order valence-electron chi connectivity index (χ1n) is 8.24. The van der Waals surface area contributed by atoms with E-state index >= 15 is 0 Å². The smallest absolute Gasteiger partial charge is 0.357 e. The fourth-order valence-electron chi connectivity index (χ4n) is 2.65. The predicted molar refractivity (Wildman–Crippen MR) is 98.6 cm³/mol. The van der Waals surface area contributed by atoms with E-state index in [2.05, 4.69) is 20.6 Å². The van der Waals surface area contributed by atoms with Crippen molar-refractivity contribution in [2.24, 2.45) is 7.05 Å². The third-order valence-corrected chi connectivity index (χ3v) is 4.03. The summed E-state index contributed by atoms with van der Waals surface area (Å²) in [5.41, 5.74) is 1.39. The number of tetrazole rings is 1. The fourth-order valence-corrected chi connectivity index (χ4v) is 2.65. The molecule has 0 radical (unpaired) electrons. The summed E-state index contributed by atoms with van der Waals surface area (Å²) in [5.74, 6) is -0.959. The van der Waals surface area contributed by atoms with Gasteiger partial charge in [0, 0.05) is 7.05 Å². The maximum atomic E-state index is 12.5. The van der Waals surface area contributed by atoms with Crippen LogP contribution < -0.4 is 0 Å². The molecule has 0 aliphatic heterocycles. The molecule has 0 aliphatic carbocycles. The van der Waals surface area contributed by atoms with Gasteiger partial charge in [-0.05, 0) is 41.1 Å². The number of nitrogens with zero attached hydrogens (tertiary/aromatic N) is 6. The molecule has 0 spiro atoms. The van der Waals surface area contributed by atoms with Crippen molar-refractivity contribution in [2.75, 3.05) is 14.2 Å². The SMILES string of the molecule is COC(=O)c1c(/C(C)=C\c2nnnn2C)nn(-c2ccccc2)c1C(=O)OC. The number of benzene rings is 1. The normalized spacial score (nSPS) is 11.4. The Kier molecular flexibility index (Phi) is 5.30. The van der Waals surface area contributed by atoms with Crippen LogP contribution in [0.3, 0.4) is 0 Å². The van der Waals surface area contributed by atoms with Gasteiger partial charge in [-0.25, -0.2) is 19.0 Å². The van der Waals surface area contributed by atoms with Gasteiger partial charge < -0.3 is 9.47 Å². The second-order valence-corrected chi connectivity index (χ2v) is 5.79. The van der Waals surface area contributed by atoms with Crippen LogP contribution in [0.15, 0.2) is 30.3 Å². The van der Waals surface area contributed by atoms with Gasteiger partial charge in [0.05, 0.1) is 19.9 Å². The second kappa shape index (κ2) is 7.82. The van der Waals surface area contributed by atoms with Crippen LogP contribution in [0.5, 0.6) is 0 Å². The number of ether oxygens (including phenoxy) is 2. The summed E-state index contributed by atoms with van der Waals surface area (Å²) in [6.45, 7) is 1.74. The third-order valence-electron chi connectivity index (χ3n) is 4.03. The molecule has 1 aromatic carbocycles. The van der Waals surface area contributed by atoms with Crippen molar-refractivity contribution in [1.82, 2.24) is 30.0 Å². The Morgan fingerprint density at radius 3 is 2.32 bits per heavy atom. The summed E-state index contributed by atoms with van der Waals surface area (Å²) in [7, 11) is 4.15. The minimum Gasteiger partial charge on any atom is -0.465 e. The summed E-state index contributed by atoms with van der Waals surface area (Å²) in [4.78, 5) is 25.0. The number of aromatic nitrogens is 6. The largest absolute Gasteiger partial charge is 0.465 e. The van der Waals surface area contributed by atoms with E-state index in [0.29, 0.717) is 17.1 Å². The first-order valence-corrected chi connectivity index (χ1v) is 8.24. The molecule has 0 aliphatic rings. The molecule has 0 saturated carbocycles. The van der Waals surface area contributed by atoms with Crippen molar-refractivity contribution in [3.8, 4) is 5.69 Å². The number of esters is 2. The molecule has 0 saturated heterocycles. The molecule has 3 rings (SSSR count). The number of methoxy groups -OCH3 is 2. The van der Waals surface area contributed by atoms with Crippen molar-refractivity contribution >= 4 is 23.6 Å². The number of hydrogen-bond donors (Lipinski definition) is 0. The van der Waals surface area contributed by atoms with Crippen LogP contribution >= 0.6 is 0 Å². The minimum atomic E-state index is -0.712. The number of para-hydroxylation sites is 1. The average molecular weight is 382 g/mol. The lowest BCUT2D eigenvalue weighted by atomic mass is 10.1. The van der Waals surface area contributed by atoms with Gasteiger partial charge in [-0.3, -0.25) is 0 Å². The molecule has 3 aromatic rings. The summed E-state index contributed by atoms with van der Waals surface area (Å²) in [5, 5.41) is 15.7. The Balaban J connectivity index is 2.29. The Morgan fingerprint density at radius 2 is 1.75 bits per heavy atom. The van der Waals surface area contributed by atoms with E-state index in [-0.39, 0.29) is 17.0 Å². The molecule has 2 heterocycles. The van der Waals surface area contributed by atoms with Crippen molar-refractivity contribution < 1.29 is 19.1 Å². The zero-order valence-electron chi connectivity index (χ0n) is 15.8. The van der Waals surface area contributed by atoms with Gasteiger partial charge in [0.1, 0.15) is 11.3 Å². The predicted octanol–water partition coefficient (Wildman–Crippen LogP) is 1.53. The standard InChI is InChI=1S/C18H18N6O4/c1-11(10-13-19-21-22-23(13)2)15-14(17(25)27-3)16(18(26)28-4)24(20-15)12-8-6-5-7-9-12/h5-10H,1-4H3/b11-10-. The van der Waals surface area contributed by atoms with Crippen LogP contribution in [0.25, 0.3) is 17.3 Å². The van der Waals surface area contributed by atoms with Gasteiger partial charge in [0.25, 0.3) is 0 Å². The number of carbonyl (C=O) groups excluding carboxylic acids is 2. The molecular formula is C18H18N6O4. The minimum absolute atomic E-state index is 0.00193. The quantitative estimate of drug-likeness (QED) is 0.610. The topological polar surface area (TPSA) is 114 Å². The molecular weight excluding hydrogens is 364 g/mol. The highest BCUT2D eigenvalue weighted by Crippen LogP contribution is 2.27. The van der Waals surface area contributed by atoms with Crippen molar-refractivity contribution in [3.05, 3.63) is 53.1 Å². The summed E-state index contributed by atoms with van der Waals surface area (Å²) in [6.07, 6.45) is 1.66. The maximum absolute atomic E-state index is 12.5. The van der Waals surface area contributed by atoms with E-state index in [4.69, 9.17) is 9.47 Å². The van der Waals surface area contributed by atoms with Crippen molar-refractivity contribution in [1.29, 1.82) is 0 Å². The molecule has 0 bridgehead atoms. The number of carbonyl (C=O) groups is 2. The highest BCUT2D eigenvalue weighted by Gasteiger charge is 2.31. The van der Waals surface area contributed by atoms with Crippen molar-refractivity contribution in [3.63, 3.8) is 0 Å². The number of allylic oxidation sites excluding steroid dienone is 1. The van der Waals surface area contributed by atoms with Gasteiger partial charge >= 0.3 is 11.9 Å². The molecule has 0 unspecified atom stereocenters. The van der Waals surface area contributed by atoms with Gasteiger partial charge in [0.2, 0.25) is 0 Å². The number of hydrogen-bond acceptors (Lipinski definition) is 8. The molecule has 0 atom stereocenters.